The van der Waals surface area contributed by atoms with Gasteiger partial charge in [0.1, 0.15) is 5.58 Å². The van der Waals surface area contributed by atoms with Crippen molar-refractivity contribution in [3.8, 4) is 0 Å². The van der Waals surface area contributed by atoms with Crippen LogP contribution in [0, 0.1) is 0 Å². The summed E-state index contributed by atoms with van der Waals surface area (Å²) in [6.45, 7) is 0.471. The third-order valence-corrected chi connectivity index (χ3v) is 6.82. The van der Waals surface area contributed by atoms with Crippen molar-refractivity contribution in [1.82, 2.24) is 4.90 Å². The van der Waals surface area contributed by atoms with Crippen molar-refractivity contribution in [1.29, 1.82) is 0 Å². The number of carbonyl (C=O) groups is 1. The van der Waals surface area contributed by atoms with Crippen LogP contribution in [-0.4, -0.2) is 23.6 Å². The third kappa shape index (κ3) is 3.61. The summed E-state index contributed by atoms with van der Waals surface area (Å²) in [6.07, 6.45) is 2.69. The molecule has 2 heterocycles. The van der Waals surface area contributed by atoms with E-state index in [9.17, 15) is 9.59 Å². The molecule has 1 aliphatic rings. The van der Waals surface area contributed by atoms with E-state index in [4.69, 9.17) is 16.0 Å². The fraction of sp³-hybridized carbons (Fsp3) is 0.154. The highest BCUT2D eigenvalue weighted by atomic mass is 35.5. The van der Waals surface area contributed by atoms with Crippen LogP contribution in [-0.2, 0) is 6.42 Å². The van der Waals surface area contributed by atoms with E-state index >= 15 is 0 Å². The zero-order chi connectivity index (χ0) is 22.2. The molecule has 4 aromatic rings. The molecular weight excluding hydrogens is 442 g/mol. The van der Waals surface area contributed by atoms with Gasteiger partial charge in [-0.2, -0.15) is 0 Å². The SMILES string of the molecule is CSc1ccc(C2c3c(oc4ccc(Cl)cc4c3=O)C(=O)N2CCc2ccccc2)cc1. The third-order valence-electron chi connectivity index (χ3n) is 5.84. The van der Waals surface area contributed by atoms with Crippen molar-refractivity contribution < 1.29 is 9.21 Å². The molecule has 1 aliphatic heterocycles. The van der Waals surface area contributed by atoms with Gasteiger partial charge < -0.3 is 9.32 Å². The maximum absolute atomic E-state index is 13.5. The van der Waals surface area contributed by atoms with Crippen LogP contribution >= 0.6 is 23.4 Å². The molecule has 5 rings (SSSR count). The van der Waals surface area contributed by atoms with E-state index in [0.29, 0.717) is 34.5 Å². The van der Waals surface area contributed by atoms with Crippen molar-refractivity contribution in [2.75, 3.05) is 12.8 Å². The van der Waals surface area contributed by atoms with Gasteiger partial charge in [0.25, 0.3) is 5.91 Å². The highest BCUT2D eigenvalue weighted by Gasteiger charge is 2.42. The fourth-order valence-corrected chi connectivity index (χ4v) is 4.83. The molecule has 0 spiro atoms. The molecule has 32 heavy (non-hydrogen) atoms. The molecule has 1 amide bonds. The molecule has 0 saturated heterocycles. The maximum Gasteiger partial charge on any atom is 0.290 e. The second-order valence-electron chi connectivity index (χ2n) is 7.72. The lowest BCUT2D eigenvalue weighted by atomic mass is 9.98. The monoisotopic (exact) mass is 461 g/mol. The van der Waals surface area contributed by atoms with Crippen molar-refractivity contribution in [3.63, 3.8) is 0 Å². The van der Waals surface area contributed by atoms with E-state index in [2.05, 4.69) is 0 Å². The zero-order valence-electron chi connectivity index (χ0n) is 17.4. The first-order valence-electron chi connectivity index (χ1n) is 10.3. The average Bonchev–Trinajstić information content (AvgIpc) is 3.10. The number of fused-ring (bicyclic) bond motifs is 2. The molecule has 6 heteroatoms. The standard InChI is InChI=1S/C26H20ClNO3S/c1-32-19-10-7-17(8-11-19)23-22-24(29)20-15-18(27)9-12-21(20)31-25(22)26(30)28(23)14-13-16-5-3-2-4-6-16/h2-12,15,23H,13-14H2,1H3. The Morgan fingerprint density at radius 3 is 2.47 bits per heavy atom. The summed E-state index contributed by atoms with van der Waals surface area (Å²) < 4.78 is 5.98. The van der Waals surface area contributed by atoms with E-state index < -0.39 is 6.04 Å². The number of nitrogens with zero attached hydrogens (tertiary/aromatic N) is 1. The summed E-state index contributed by atoms with van der Waals surface area (Å²) in [5.41, 5.74) is 2.56. The molecule has 0 bridgehead atoms. The van der Waals surface area contributed by atoms with Gasteiger partial charge in [-0.1, -0.05) is 54.1 Å². The molecule has 0 fully saturated rings. The topological polar surface area (TPSA) is 50.5 Å². The van der Waals surface area contributed by atoms with Crippen LogP contribution < -0.4 is 5.43 Å². The van der Waals surface area contributed by atoms with Gasteiger partial charge in [-0.3, -0.25) is 9.59 Å². The number of hydrogen-bond donors (Lipinski definition) is 0. The number of thioether (sulfide) groups is 1. The van der Waals surface area contributed by atoms with Crippen molar-refractivity contribution >= 4 is 40.2 Å². The average molecular weight is 462 g/mol. The summed E-state index contributed by atoms with van der Waals surface area (Å²) in [5.74, 6) is -0.138. The van der Waals surface area contributed by atoms with Crippen LogP contribution in [0.4, 0.5) is 0 Å². The van der Waals surface area contributed by atoms with E-state index in [1.54, 1.807) is 34.9 Å². The molecule has 1 atom stereocenters. The minimum Gasteiger partial charge on any atom is -0.450 e. The fourth-order valence-electron chi connectivity index (χ4n) is 4.25. The van der Waals surface area contributed by atoms with E-state index in [1.807, 2.05) is 60.9 Å². The molecular formula is C26H20ClNO3S. The first-order chi connectivity index (χ1) is 15.6. The first kappa shape index (κ1) is 20.9. The van der Waals surface area contributed by atoms with Gasteiger partial charge in [-0.25, -0.2) is 0 Å². The molecule has 0 N–H and O–H groups in total. The summed E-state index contributed by atoms with van der Waals surface area (Å²) in [7, 11) is 0. The quantitative estimate of drug-likeness (QED) is 0.344. The summed E-state index contributed by atoms with van der Waals surface area (Å²) in [6, 6.07) is 22.4. The van der Waals surface area contributed by atoms with Crippen molar-refractivity contribution in [2.45, 2.75) is 17.4 Å². The number of hydrogen-bond acceptors (Lipinski definition) is 4. The molecule has 1 aromatic heterocycles. The molecule has 4 nitrogen and oxygen atoms in total. The highest BCUT2D eigenvalue weighted by Crippen LogP contribution is 2.38. The van der Waals surface area contributed by atoms with E-state index in [1.165, 1.54) is 0 Å². The molecule has 160 valence electrons. The van der Waals surface area contributed by atoms with Gasteiger partial charge in [-0.05, 0) is 54.1 Å². The predicted octanol–water partition coefficient (Wildman–Crippen LogP) is 5.96. The number of benzene rings is 3. The highest BCUT2D eigenvalue weighted by molar-refractivity contribution is 7.98. The molecule has 3 aromatic carbocycles. The Morgan fingerprint density at radius 2 is 1.75 bits per heavy atom. The smallest absolute Gasteiger partial charge is 0.290 e. The minimum absolute atomic E-state index is 0.122. The largest absolute Gasteiger partial charge is 0.450 e. The van der Waals surface area contributed by atoms with E-state index in [-0.39, 0.29) is 17.1 Å². The number of rotatable bonds is 5. The Morgan fingerprint density at radius 1 is 1.00 bits per heavy atom. The van der Waals surface area contributed by atoms with Crippen LogP contribution in [0.1, 0.15) is 33.3 Å². The molecule has 0 aliphatic carbocycles. The molecule has 1 unspecified atom stereocenters. The van der Waals surface area contributed by atoms with Gasteiger partial charge in [-0.15, -0.1) is 11.8 Å². The summed E-state index contributed by atoms with van der Waals surface area (Å²) >= 11 is 7.79. The molecule has 0 radical (unpaired) electrons. The Labute approximate surface area is 194 Å². The van der Waals surface area contributed by atoms with Crippen LogP contribution in [0.15, 0.2) is 86.9 Å². The van der Waals surface area contributed by atoms with Crippen LogP contribution in [0.5, 0.6) is 0 Å². The van der Waals surface area contributed by atoms with Crippen LogP contribution in [0.25, 0.3) is 11.0 Å². The lowest BCUT2D eigenvalue weighted by molar-refractivity contribution is 0.0730. The normalized spacial score (nSPS) is 15.4. The zero-order valence-corrected chi connectivity index (χ0v) is 19.0. The van der Waals surface area contributed by atoms with Gasteiger partial charge in [0.05, 0.1) is 17.0 Å². The Bertz CT molecular complexity index is 1370. The Hall–Kier alpha value is -3.02. The second-order valence-corrected chi connectivity index (χ2v) is 9.04. The van der Waals surface area contributed by atoms with E-state index in [0.717, 1.165) is 16.0 Å². The summed E-state index contributed by atoms with van der Waals surface area (Å²) in [4.78, 5) is 29.9. The second kappa shape index (κ2) is 8.49. The lowest BCUT2D eigenvalue weighted by Crippen LogP contribution is -2.31. The van der Waals surface area contributed by atoms with Gasteiger partial charge in [0, 0.05) is 16.5 Å². The summed E-state index contributed by atoms with van der Waals surface area (Å²) in [5, 5.41) is 0.843. The minimum atomic E-state index is -0.503. The number of carbonyl (C=O) groups excluding carboxylic acids is 1. The predicted molar refractivity (Wildman–Crippen MR) is 129 cm³/mol. The number of amides is 1. The Balaban J connectivity index is 1.65. The first-order valence-corrected chi connectivity index (χ1v) is 11.9. The number of halogens is 1. The molecule has 0 saturated carbocycles. The maximum atomic E-state index is 13.5. The van der Waals surface area contributed by atoms with Gasteiger partial charge in [0.15, 0.2) is 5.43 Å². The van der Waals surface area contributed by atoms with Gasteiger partial charge >= 0.3 is 0 Å². The van der Waals surface area contributed by atoms with Crippen LogP contribution in [0.2, 0.25) is 5.02 Å². The van der Waals surface area contributed by atoms with Crippen LogP contribution in [0.3, 0.4) is 0 Å². The van der Waals surface area contributed by atoms with Crippen molar-refractivity contribution in [3.05, 3.63) is 110 Å². The van der Waals surface area contributed by atoms with Gasteiger partial charge in [0.2, 0.25) is 5.76 Å². The Kier molecular flexibility index (Phi) is 5.53. The van der Waals surface area contributed by atoms with Crippen molar-refractivity contribution in [2.24, 2.45) is 0 Å². The lowest BCUT2D eigenvalue weighted by Gasteiger charge is -2.25.